The average molecular weight is 278 g/mol. The molecule has 0 bridgehead atoms. The number of carbonyl (C=O) groups is 2. The number of carboxylic acid groups (broad SMARTS) is 2. The van der Waals surface area contributed by atoms with Crippen LogP contribution in [0.15, 0.2) is 24.3 Å². The van der Waals surface area contributed by atoms with Crippen molar-refractivity contribution in [1.82, 2.24) is 0 Å². The van der Waals surface area contributed by atoms with Crippen molar-refractivity contribution in [3.05, 3.63) is 35.4 Å². The van der Waals surface area contributed by atoms with Crippen LogP contribution in [0, 0.1) is 0 Å². The van der Waals surface area contributed by atoms with Crippen molar-refractivity contribution in [3.8, 4) is 0 Å². The standard InChI is InChI=1S/C16H22O4/c17-15(18)7-3-1-2-5-13-9-11-14(12-10-13)6-4-8-16(19)20/h9-12H,1-8H2,(H,17,18)(H,19,20). The second-order valence-electron chi connectivity index (χ2n) is 5.02. The van der Waals surface area contributed by atoms with E-state index in [-0.39, 0.29) is 12.8 Å². The van der Waals surface area contributed by atoms with Gasteiger partial charge in [-0.05, 0) is 43.2 Å². The van der Waals surface area contributed by atoms with Crippen LogP contribution in [-0.2, 0) is 22.4 Å². The highest BCUT2D eigenvalue weighted by Crippen LogP contribution is 2.11. The zero-order valence-electron chi connectivity index (χ0n) is 11.7. The highest BCUT2D eigenvalue weighted by Gasteiger charge is 2.00. The fourth-order valence-corrected chi connectivity index (χ4v) is 2.10. The van der Waals surface area contributed by atoms with E-state index in [1.165, 1.54) is 11.1 Å². The number of rotatable bonds is 10. The highest BCUT2D eigenvalue weighted by atomic mass is 16.4. The predicted octanol–water partition coefficient (Wildman–Crippen LogP) is 3.28. The molecule has 4 heteroatoms. The first-order valence-corrected chi connectivity index (χ1v) is 7.09. The topological polar surface area (TPSA) is 74.6 Å². The lowest BCUT2D eigenvalue weighted by Gasteiger charge is -2.04. The van der Waals surface area contributed by atoms with Crippen molar-refractivity contribution >= 4 is 11.9 Å². The second-order valence-corrected chi connectivity index (χ2v) is 5.02. The number of unbranched alkanes of at least 4 members (excludes halogenated alkanes) is 2. The Kier molecular flexibility index (Phi) is 7.40. The van der Waals surface area contributed by atoms with Crippen LogP contribution in [0.4, 0.5) is 0 Å². The largest absolute Gasteiger partial charge is 0.481 e. The van der Waals surface area contributed by atoms with Crippen LogP contribution in [-0.4, -0.2) is 22.2 Å². The average Bonchev–Trinajstić information content (AvgIpc) is 2.39. The highest BCUT2D eigenvalue weighted by molar-refractivity contribution is 5.66. The Morgan fingerprint density at radius 1 is 0.700 bits per heavy atom. The van der Waals surface area contributed by atoms with Gasteiger partial charge < -0.3 is 10.2 Å². The van der Waals surface area contributed by atoms with Gasteiger partial charge in [-0.2, -0.15) is 0 Å². The van der Waals surface area contributed by atoms with Crippen LogP contribution in [0.25, 0.3) is 0 Å². The SMILES string of the molecule is O=C(O)CCCCCc1ccc(CCCC(=O)O)cc1. The van der Waals surface area contributed by atoms with Gasteiger partial charge in [-0.1, -0.05) is 30.7 Å². The summed E-state index contributed by atoms with van der Waals surface area (Å²) in [5.74, 6) is -1.47. The summed E-state index contributed by atoms with van der Waals surface area (Å²) in [4.78, 5) is 20.8. The number of hydrogen-bond acceptors (Lipinski definition) is 2. The molecule has 0 aliphatic carbocycles. The molecule has 1 rings (SSSR count). The lowest BCUT2D eigenvalue weighted by atomic mass is 10.0. The summed E-state index contributed by atoms with van der Waals surface area (Å²) in [6, 6.07) is 8.25. The van der Waals surface area contributed by atoms with Gasteiger partial charge in [-0.15, -0.1) is 0 Å². The third-order valence-corrected chi connectivity index (χ3v) is 3.24. The first kappa shape index (κ1) is 16.2. The molecule has 0 aliphatic rings. The van der Waals surface area contributed by atoms with Crippen molar-refractivity contribution in [1.29, 1.82) is 0 Å². The van der Waals surface area contributed by atoms with Gasteiger partial charge >= 0.3 is 11.9 Å². The molecule has 0 saturated heterocycles. The minimum absolute atomic E-state index is 0.214. The van der Waals surface area contributed by atoms with Gasteiger partial charge in [0.05, 0.1) is 0 Å². The quantitative estimate of drug-likeness (QED) is 0.644. The Morgan fingerprint density at radius 3 is 1.65 bits per heavy atom. The molecule has 0 radical (unpaired) electrons. The summed E-state index contributed by atoms with van der Waals surface area (Å²) in [7, 11) is 0. The molecule has 1 aromatic rings. The molecule has 20 heavy (non-hydrogen) atoms. The zero-order valence-corrected chi connectivity index (χ0v) is 11.7. The molecule has 4 nitrogen and oxygen atoms in total. The van der Waals surface area contributed by atoms with E-state index in [1.807, 2.05) is 0 Å². The fourth-order valence-electron chi connectivity index (χ4n) is 2.10. The molecule has 0 saturated carbocycles. The fraction of sp³-hybridized carbons (Fsp3) is 0.500. The number of benzene rings is 1. The van der Waals surface area contributed by atoms with Crippen LogP contribution >= 0.6 is 0 Å². The summed E-state index contributed by atoms with van der Waals surface area (Å²) < 4.78 is 0. The maximum absolute atomic E-state index is 10.4. The second kappa shape index (κ2) is 9.13. The van der Waals surface area contributed by atoms with E-state index < -0.39 is 11.9 Å². The van der Waals surface area contributed by atoms with Crippen molar-refractivity contribution < 1.29 is 19.8 Å². The Morgan fingerprint density at radius 2 is 1.15 bits per heavy atom. The normalized spacial score (nSPS) is 10.4. The van der Waals surface area contributed by atoms with E-state index in [2.05, 4.69) is 24.3 Å². The van der Waals surface area contributed by atoms with Crippen LogP contribution in [0.2, 0.25) is 0 Å². The Labute approximate surface area is 119 Å². The molecular formula is C16H22O4. The molecule has 0 unspecified atom stereocenters. The van der Waals surface area contributed by atoms with E-state index in [0.717, 1.165) is 32.1 Å². The summed E-state index contributed by atoms with van der Waals surface area (Å²) in [5, 5.41) is 17.1. The Hall–Kier alpha value is -1.84. The van der Waals surface area contributed by atoms with Gasteiger partial charge in [0.2, 0.25) is 0 Å². The molecule has 2 N–H and O–H groups in total. The van der Waals surface area contributed by atoms with Crippen LogP contribution in [0.5, 0.6) is 0 Å². The Balaban J connectivity index is 2.21. The van der Waals surface area contributed by atoms with Gasteiger partial charge in [0.25, 0.3) is 0 Å². The third kappa shape index (κ3) is 7.56. The summed E-state index contributed by atoms with van der Waals surface area (Å²) in [6.45, 7) is 0. The van der Waals surface area contributed by atoms with Gasteiger partial charge in [0, 0.05) is 12.8 Å². The molecule has 0 atom stereocenters. The first-order chi connectivity index (χ1) is 9.58. The van der Waals surface area contributed by atoms with E-state index in [0.29, 0.717) is 6.42 Å². The van der Waals surface area contributed by atoms with Gasteiger partial charge in [-0.3, -0.25) is 9.59 Å². The lowest BCUT2D eigenvalue weighted by Crippen LogP contribution is -1.96. The van der Waals surface area contributed by atoms with E-state index in [9.17, 15) is 9.59 Å². The van der Waals surface area contributed by atoms with Crippen molar-refractivity contribution in [2.24, 2.45) is 0 Å². The monoisotopic (exact) mass is 278 g/mol. The smallest absolute Gasteiger partial charge is 0.303 e. The molecule has 0 heterocycles. The maximum atomic E-state index is 10.4. The van der Waals surface area contributed by atoms with Gasteiger partial charge in [0.15, 0.2) is 0 Å². The number of hydrogen-bond donors (Lipinski definition) is 2. The molecule has 0 aromatic heterocycles. The van der Waals surface area contributed by atoms with Gasteiger partial charge in [0.1, 0.15) is 0 Å². The molecular weight excluding hydrogens is 256 g/mol. The minimum atomic E-state index is -0.747. The number of aryl methyl sites for hydroxylation is 2. The van der Waals surface area contributed by atoms with E-state index >= 15 is 0 Å². The molecule has 1 aromatic carbocycles. The predicted molar refractivity (Wildman–Crippen MR) is 76.8 cm³/mol. The van der Waals surface area contributed by atoms with Gasteiger partial charge in [-0.25, -0.2) is 0 Å². The van der Waals surface area contributed by atoms with Crippen LogP contribution in [0.1, 0.15) is 49.7 Å². The minimum Gasteiger partial charge on any atom is -0.481 e. The molecule has 0 fully saturated rings. The molecule has 0 spiro atoms. The van der Waals surface area contributed by atoms with E-state index in [4.69, 9.17) is 10.2 Å². The molecule has 0 amide bonds. The van der Waals surface area contributed by atoms with Crippen molar-refractivity contribution in [2.45, 2.75) is 51.4 Å². The lowest BCUT2D eigenvalue weighted by molar-refractivity contribution is -0.138. The maximum Gasteiger partial charge on any atom is 0.303 e. The third-order valence-electron chi connectivity index (χ3n) is 3.24. The van der Waals surface area contributed by atoms with Crippen LogP contribution in [0.3, 0.4) is 0 Å². The molecule has 0 aliphatic heterocycles. The first-order valence-electron chi connectivity index (χ1n) is 7.09. The van der Waals surface area contributed by atoms with E-state index in [1.54, 1.807) is 0 Å². The Bertz CT molecular complexity index is 423. The zero-order chi connectivity index (χ0) is 14.8. The summed E-state index contributed by atoms with van der Waals surface area (Å²) >= 11 is 0. The number of carboxylic acids is 2. The molecule has 110 valence electrons. The summed E-state index contributed by atoms with van der Waals surface area (Å²) in [6.07, 6.45) is 5.58. The number of aliphatic carboxylic acids is 2. The summed E-state index contributed by atoms with van der Waals surface area (Å²) in [5.41, 5.74) is 2.42. The van der Waals surface area contributed by atoms with Crippen molar-refractivity contribution in [2.75, 3.05) is 0 Å². The van der Waals surface area contributed by atoms with Crippen LogP contribution < -0.4 is 0 Å². The van der Waals surface area contributed by atoms with Crippen molar-refractivity contribution in [3.63, 3.8) is 0 Å².